The maximum atomic E-state index is 11.6. The number of aryl methyl sites for hydroxylation is 1. The molecule has 1 aliphatic heterocycles. The number of aromatic nitrogens is 1. The Labute approximate surface area is 124 Å². The summed E-state index contributed by atoms with van der Waals surface area (Å²) in [4.78, 5) is 18.7. The van der Waals surface area contributed by atoms with E-state index in [9.17, 15) is 4.79 Å². The van der Waals surface area contributed by atoms with E-state index in [2.05, 4.69) is 15.2 Å². The molecular formula is C14H20N4OS. The van der Waals surface area contributed by atoms with Crippen molar-refractivity contribution in [3.8, 4) is 0 Å². The van der Waals surface area contributed by atoms with Crippen molar-refractivity contribution >= 4 is 28.9 Å². The predicted octanol–water partition coefficient (Wildman–Crippen LogP) is 0.987. The van der Waals surface area contributed by atoms with E-state index < -0.39 is 0 Å². The highest BCUT2D eigenvalue weighted by Gasteiger charge is 2.25. The molecule has 5 nitrogen and oxygen atoms in total. The molecule has 3 N–H and O–H groups in total. The van der Waals surface area contributed by atoms with Gasteiger partial charge in [0.15, 0.2) is 0 Å². The summed E-state index contributed by atoms with van der Waals surface area (Å²) in [7, 11) is 1.69. The van der Waals surface area contributed by atoms with Crippen LogP contribution in [0, 0.1) is 12.8 Å². The van der Waals surface area contributed by atoms with Crippen LogP contribution in [0.2, 0.25) is 0 Å². The molecular weight excluding hydrogens is 272 g/mol. The summed E-state index contributed by atoms with van der Waals surface area (Å²) < 4.78 is 0. The quantitative estimate of drug-likeness (QED) is 0.813. The first-order valence-corrected chi connectivity index (χ1v) is 7.17. The number of hydrogen-bond donors (Lipinski definition) is 2. The summed E-state index contributed by atoms with van der Waals surface area (Å²) in [5.74, 6) is 1.13. The van der Waals surface area contributed by atoms with E-state index in [4.69, 9.17) is 18.0 Å². The lowest BCUT2D eigenvalue weighted by Gasteiger charge is -2.32. The molecule has 20 heavy (non-hydrogen) atoms. The van der Waals surface area contributed by atoms with Gasteiger partial charge in [0.2, 0.25) is 5.91 Å². The van der Waals surface area contributed by atoms with Crippen molar-refractivity contribution in [1.82, 2.24) is 10.3 Å². The van der Waals surface area contributed by atoms with E-state index in [1.54, 1.807) is 7.05 Å². The first kappa shape index (κ1) is 14.7. The largest absolute Gasteiger partial charge is 0.389 e. The van der Waals surface area contributed by atoms with Crippen molar-refractivity contribution in [3.63, 3.8) is 0 Å². The number of thiocarbonyl (C=S) groups is 1. The van der Waals surface area contributed by atoms with Gasteiger partial charge in [0.1, 0.15) is 10.8 Å². The van der Waals surface area contributed by atoms with Crippen LogP contribution in [0.5, 0.6) is 0 Å². The SMILES string of the molecule is CNC(=O)C1CCN(c2cc(C(N)=S)cc(C)n2)CC1. The van der Waals surface area contributed by atoms with Crippen LogP contribution in [0.15, 0.2) is 12.1 Å². The van der Waals surface area contributed by atoms with Crippen molar-refractivity contribution in [2.24, 2.45) is 11.7 Å². The summed E-state index contributed by atoms with van der Waals surface area (Å²) in [6.45, 7) is 3.58. The van der Waals surface area contributed by atoms with Gasteiger partial charge in [0, 0.05) is 37.3 Å². The second-order valence-corrected chi connectivity index (χ2v) is 5.54. The van der Waals surface area contributed by atoms with E-state index >= 15 is 0 Å². The third-order valence-corrected chi connectivity index (χ3v) is 3.90. The number of rotatable bonds is 3. The number of carbonyl (C=O) groups excluding carboxylic acids is 1. The molecule has 2 rings (SSSR count). The third-order valence-electron chi connectivity index (χ3n) is 3.66. The topological polar surface area (TPSA) is 71.2 Å². The number of anilines is 1. The van der Waals surface area contributed by atoms with Gasteiger partial charge in [-0.2, -0.15) is 0 Å². The molecule has 0 atom stereocenters. The number of amides is 1. The van der Waals surface area contributed by atoms with E-state index in [1.165, 1.54) is 0 Å². The van der Waals surface area contributed by atoms with Crippen molar-refractivity contribution in [2.45, 2.75) is 19.8 Å². The molecule has 6 heteroatoms. The standard InChI is InChI=1S/C14H20N4OS/c1-9-7-11(13(15)20)8-12(17-9)18-5-3-10(4-6-18)14(19)16-2/h7-8,10H,3-6H2,1-2H3,(H2,15,20)(H,16,19). The zero-order chi connectivity index (χ0) is 14.7. The number of carbonyl (C=O) groups is 1. The highest BCUT2D eigenvalue weighted by Crippen LogP contribution is 2.23. The van der Waals surface area contributed by atoms with Gasteiger partial charge in [0.05, 0.1) is 0 Å². The van der Waals surface area contributed by atoms with Gasteiger partial charge in [-0.1, -0.05) is 12.2 Å². The summed E-state index contributed by atoms with van der Waals surface area (Å²) in [6, 6.07) is 3.82. The fraction of sp³-hybridized carbons (Fsp3) is 0.500. The van der Waals surface area contributed by atoms with Crippen LogP contribution < -0.4 is 16.0 Å². The molecule has 1 saturated heterocycles. The Morgan fingerprint density at radius 1 is 1.45 bits per heavy atom. The van der Waals surface area contributed by atoms with Crippen LogP contribution in [-0.2, 0) is 4.79 Å². The Morgan fingerprint density at radius 3 is 2.65 bits per heavy atom. The average Bonchev–Trinajstić information content (AvgIpc) is 2.46. The van der Waals surface area contributed by atoms with Gasteiger partial charge in [-0.05, 0) is 31.9 Å². The number of piperidine rings is 1. The Bertz CT molecular complexity index is 524. The van der Waals surface area contributed by atoms with Gasteiger partial charge in [0.25, 0.3) is 0 Å². The molecule has 0 spiro atoms. The Morgan fingerprint density at radius 2 is 2.10 bits per heavy atom. The zero-order valence-electron chi connectivity index (χ0n) is 11.8. The van der Waals surface area contributed by atoms with Crippen LogP contribution >= 0.6 is 12.2 Å². The molecule has 1 aromatic heterocycles. The number of hydrogen-bond acceptors (Lipinski definition) is 4. The maximum absolute atomic E-state index is 11.6. The zero-order valence-corrected chi connectivity index (χ0v) is 12.7. The number of nitrogens with one attached hydrogen (secondary N) is 1. The van der Waals surface area contributed by atoms with Crippen LogP contribution in [0.25, 0.3) is 0 Å². The van der Waals surface area contributed by atoms with Gasteiger partial charge >= 0.3 is 0 Å². The molecule has 1 aliphatic rings. The molecule has 1 aromatic rings. The van der Waals surface area contributed by atoms with Crippen molar-refractivity contribution < 1.29 is 4.79 Å². The molecule has 108 valence electrons. The van der Waals surface area contributed by atoms with Crippen LogP contribution in [-0.4, -0.2) is 36.0 Å². The molecule has 0 saturated carbocycles. The van der Waals surface area contributed by atoms with Gasteiger partial charge in [-0.25, -0.2) is 4.98 Å². The van der Waals surface area contributed by atoms with Crippen molar-refractivity contribution in [3.05, 3.63) is 23.4 Å². The minimum Gasteiger partial charge on any atom is -0.389 e. The van der Waals surface area contributed by atoms with Crippen molar-refractivity contribution in [1.29, 1.82) is 0 Å². The number of pyridine rings is 1. The summed E-state index contributed by atoms with van der Waals surface area (Å²) in [5, 5.41) is 2.72. The normalized spacial score (nSPS) is 16.0. The summed E-state index contributed by atoms with van der Waals surface area (Å²) >= 11 is 5.03. The van der Waals surface area contributed by atoms with Crippen LogP contribution in [0.4, 0.5) is 5.82 Å². The molecule has 0 radical (unpaired) electrons. The monoisotopic (exact) mass is 292 g/mol. The Kier molecular flexibility index (Phi) is 4.54. The Hall–Kier alpha value is -1.69. The smallest absolute Gasteiger partial charge is 0.222 e. The Balaban J connectivity index is 2.10. The minimum atomic E-state index is 0.108. The lowest BCUT2D eigenvalue weighted by atomic mass is 9.96. The molecule has 0 aromatic carbocycles. The van der Waals surface area contributed by atoms with Gasteiger partial charge in [-0.15, -0.1) is 0 Å². The second-order valence-electron chi connectivity index (χ2n) is 5.10. The van der Waals surface area contributed by atoms with Crippen molar-refractivity contribution in [2.75, 3.05) is 25.0 Å². The second kappa shape index (κ2) is 6.17. The fourth-order valence-corrected chi connectivity index (χ4v) is 2.65. The summed E-state index contributed by atoms with van der Waals surface area (Å²) in [6.07, 6.45) is 1.69. The minimum absolute atomic E-state index is 0.108. The molecule has 0 bridgehead atoms. The molecule has 0 aliphatic carbocycles. The first-order chi connectivity index (χ1) is 9.51. The average molecular weight is 292 g/mol. The highest BCUT2D eigenvalue weighted by molar-refractivity contribution is 7.80. The van der Waals surface area contributed by atoms with E-state index in [-0.39, 0.29) is 11.8 Å². The highest BCUT2D eigenvalue weighted by atomic mass is 32.1. The maximum Gasteiger partial charge on any atom is 0.222 e. The lowest BCUT2D eigenvalue weighted by molar-refractivity contribution is -0.125. The third kappa shape index (κ3) is 3.25. The first-order valence-electron chi connectivity index (χ1n) is 6.76. The van der Waals surface area contributed by atoms with E-state index in [0.717, 1.165) is 43.0 Å². The fourth-order valence-electron chi connectivity index (χ4n) is 2.53. The lowest BCUT2D eigenvalue weighted by Crippen LogP contribution is -2.40. The van der Waals surface area contributed by atoms with E-state index in [0.29, 0.717) is 4.99 Å². The molecule has 2 heterocycles. The molecule has 1 fully saturated rings. The van der Waals surface area contributed by atoms with Crippen LogP contribution in [0.3, 0.4) is 0 Å². The van der Waals surface area contributed by atoms with Gasteiger partial charge in [-0.3, -0.25) is 4.79 Å². The molecule has 1 amide bonds. The van der Waals surface area contributed by atoms with Gasteiger partial charge < -0.3 is 16.0 Å². The number of nitrogens with zero attached hydrogens (tertiary/aromatic N) is 2. The van der Waals surface area contributed by atoms with Crippen LogP contribution in [0.1, 0.15) is 24.1 Å². The number of nitrogens with two attached hydrogens (primary N) is 1. The molecule has 0 unspecified atom stereocenters. The predicted molar refractivity (Wildman–Crippen MR) is 83.9 cm³/mol. The van der Waals surface area contributed by atoms with E-state index in [1.807, 2.05) is 19.1 Å². The summed E-state index contributed by atoms with van der Waals surface area (Å²) in [5.41, 5.74) is 7.44.